The molecular weight excluding hydrogens is 314 g/mol. The SMILES string of the molecule is CCN(CC)C(=O)c1csc(-c2ccccc2)c1-c1ccccc1. The second-order valence-corrected chi connectivity index (χ2v) is 6.44. The molecule has 0 saturated heterocycles. The molecule has 0 aliphatic heterocycles. The van der Waals surface area contributed by atoms with Gasteiger partial charge in [-0.05, 0) is 25.0 Å². The Bertz CT molecular complexity index is 804. The van der Waals surface area contributed by atoms with Gasteiger partial charge in [0.15, 0.2) is 0 Å². The number of benzene rings is 2. The molecule has 1 amide bonds. The molecule has 122 valence electrons. The number of amides is 1. The molecule has 0 bridgehead atoms. The monoisotopic (exact) mass is 335 g/mol. The van der Waals surface area contributed by atoms with Gasteiger partial charge in [0.1, 0.15) is 0 Å². The molecule has 0 spiro atoms. The lowest BCUT2D eigenvalue weighted by Gasteiger charge is -2.19. The number of carbonyl (C=O) groups excluding carboxylic acids is 1. The lowest BCUT2D eigenvalue weighted by molar-refractivity contribution is 0.0774. The van der Waals surface area contributed by atoms with E-state index in [9.17, 15) is 4.79 Å². The zero-order chi connectivity index (χ0) is 16.9. The van der Waals surface area contributed by atoms with Crippen molar-refractivity contribution in [2.75, 3.05) is 13.1 Å². The summed E-state index contributed by atoms with van der Waals surface area (Å²) in [6, 6.07) is 20.5. The molecule has 0 unspecified atom stereocenters. The first-order chi connectivity index (χ1) is 11.8. The van der Waals surface area contributed by atoms with Crippen LogP contribution in [0.5, 0.6) is 0 Å². The average Bonchev–Trinajstić information content (AvgIpc) is 3.09. The second kappa shape index (κ2) is 7.45. The van der Waals surface area contributed by atoms with Crippen molar-refractivity contribution in [2.45, 2.75) is 13.8 Å². The third-order valence-corrected chi connectivity index (χ3v) is 5.20. The van der Waals surface area contributed by atoms with E-state index in [2.05, 4.69) is 24.3 Å². The third-order valence-electron chi connectivity index (χ3n) is 4.17. The molecule has 0 atom stereocenters. The van der Waals surface area contributed by atoms with E-state index < -0.39 is 0 Å². The zero-order valence-corrected chi connectivity index (χ0v) is 14.8. The van der Waals surface area contributed by atoms with Crippen LogP contribution in [0.15, 0.2) is 66.0 Å². The molecule has 0 N–H and O–H groups in total. The highest BCUT2D eigenvalue weighted by Gasteiger charge is 2.22. The highest BCUT2D eigenvalue weighted by atomic mass is 32.1. The molecule has 2 aromatic carbocycles. The summed E-state index contributed by atoms with van der Waals surface area (Å²) in [6.45, 7) is 5.49. The molecule has 0 fully saturated rings. The third kappa shape index (κ3) is 3.13. The van der Waals surface area contributed by atoms with Gasteiger partial charge in [-0.1, -0.05) is 60.7 Å². The van der Waals surface area contributed by atoms with Crippen molar-refractivity contribution in [3.63, 3.8) is 0 Å². The highest BCUT2D eigenvalue weighted by Crippen LogP contribution is 2.40. The Labute approximate surface area is 147 Å². The van der Waals surface area contributed by atoms with Crippen LogP contribution in [0.3, 0.4) is 0 Å². The maximum absolute atomic E-state index is 13.0. The zero-order valence-electron chi connectivity index (χ0n) is 14.0. The minimum atomic E-state index is 0.109. The fraction of sp³-hybridized carbons (Fsp3) is 0.190. The Hall–Kier alpha value is -2.39. The van der Waals surface area contributed by atoms with E-state index in [-0.39, 0.29) is 5.91 Å². The van der Waals surface area contributed by atoms with E-state index in [1.165, 1.54) is 0 Å². The minimum absolute atomic E-state index is 0.109. The molecule has 2 nitrogen and oxygen atoms in total. The molecule has 1 heterocycles. The molecule has 3 aromatic rings. The fourth-order valence-corrected chi connectivity index (χ4v) is 3.96. The average molecular weight is 335 g/mol. The minimum Gasteiger partial charge on any atom is -0.339 e. The predicted molar refractivity (Wildman–Crippen MR) is 102 cm³/mol. The molecule has 1 aromatic heterocycles. The molecular formula is C21H21NOS. The van der Waals surface area contributed by atoms with Gasteiger partial charge in [0.25, 0.3) is 5.91 Å². The summed E-state index contributed by atoms with van der Waals surface area (Å²) < 4.78 is 0. The Morgan fingerprint density at radius 1 is 0.875 bits per heavy atom. The summed E-state index contributed by atoms with van der Waals surface area (Å²) >= 11 is 1.64. The molecule has 24 heavy (non-hydrogen) atoms. The van der Waals surface area contributed by atoms with Crippen LogP contribution in [-0.4, -0.2) is 23.9 Å². The predicted octanol–water partition coefficient (Wildman–Crippen LogP) is 5.56. The Morgan fingerprint density at radius 2 is 1.42 bits per heavy atom. The maximum Gasteiger partial charge on any atom is 0.255 e. The summed E-state index contributed by atoms with van der Waals surface area (Å²) in [7, 11) is 0. The summed E-state index contributed by atoms with van der Waals surface area (Å²) in [5.74, 6) is 0.109. The van der Waals surface area contributed by atoms with Gasteiger partial charge < -0.3 is 4.90 Å². The Kier molecular flexibility index (Phi) is 5.11. The van der Waals surface area contributed by atoms with Crippen LogP contribution in [0.2, 0.25) is 0 Å². The van der Waals surface area contributed by atoms with Gasteiger partial charge in [-0.15, -0.1) is 11.3 Å². The van der Waals surface area contributed by atoms with Crippen molar-refractivity contribution >= 4 is 17.2 Å². The molecule has 0 saturated carbocycles. The molecule has 0 aliphatic carbocycles. The van der Waals surface area contributed by atoms with Crippen LogP contribution in [0, 0.1) is 0 Å². The van der Waals surface area contributed by atoms with E-state index in [0.29, 0.717) is 0 Å². The first kappa shape index (κ1) is 16.5. The van der Waals surface area contributed by atoms with Crippen molar-refractivity contribution in [3.05, 3.63) is 71.6 Å². The van der Waals surface area contributed by atoms with E-state index in [4.69, 9.17) is 0 Å². The standard InChI is InChI=1S/C21H21NOS/c1-3-22(4-2)21(23)18-15-24-20(17-13-9-6-10-14-17)19(18)16-11-7-5-8-12-16/h5-15H,3-4H2,1-2H3. The normalized spacial score (nSPS) is 10.6. The molecule has 3 heteroatoms. The fourth-order valence-electron chi connectivity index (χ4n) is 2.89. The van der Waals surface area contributed by atoms with Gasteiger partial charge in [0, 0.05) is 28.9 Å². The molecule has 3 rings (SSSR count). The summed E-state index contributed by atoms with van der Waals surface area (Å²) in [4.78, 5) is 16.0. The van der Waals surface area contributed by atoms with Gasteiger partial charge in [0.2, 0.25) is 0 Å². The molecule has 0 aliphatic rings. The number of hydrogen-bond acceptors (Lipinski definition) is 2. The maximum atomic E-state index is 13.0. The van der Waals surface area contributed by atoms with E-state index >= 15 is 0 Å². The molecule has 0 radical (unpaired) electrons. The first-order valence-corrected chi connectivity index (χ1v) is 9.15. The Morgan fingerprint density at radius 3 is 1.96 bits per heavy atom. The van der Waals surface area contributed by atoms with E-state index in [1.54, 1.807) is 11.3 Å². The van der Waals surface area contributed by atoms with E-state index in [1.807, 2.05) is 60.5 Å². The second-order valence-electron chi connectivity index (χ2n) is 5.56. The van der Waals surface area contributed by atoms with Gasteiger partial charge in [-0.2, -0.15) is 0 Å². The van der Waals surface area contributed by atoms with E-state index in [0.717, 1.165) is 40.2 Å². The van der Waals surface area contributed by atoms with Crippen molar-refractivity contribution in [1.29, 1.82) is 0 Å². The largest absolute Gasteiger partial charge is 0.339 e. The quantitative estimate of drug-likeness (QED) is 0.597. The van der Waals surface area contributed by atoms with Crippen molar-refractivity contribution in [3.8, 4) is 21.6 Å². The highest BCUT2D eigenvalue weighted by molar-refractivity contribution is 7.14. The van der Waals surface area contributed by atoms with Crippen LogP contribution in [-0.2, 0) is 0 Å². The lowest BCUT2D eigenvalue weighted by atomic mass is 9.98. The first-order valence-electron chi connectivity index (χ1n) is 8.27. The van der Waals surface area contributed by atoms with Gasteiger partial charge >= 0.3 is 0 Å². The van der Waals surface area contributed by atoms with Crippen LogP contribution >= 0.6 is 11.3 Å². The van der Waals surface area contributed by atoms with Crippen LogP contribution in [0.25, 0.3) is 21.6 Å². The van der Waals surface area contributed by atoms with Gasteiger partial charge in [0.05, 0.1) is 5.56 Å². The number of hydrogen-bond donors (Lipinski definition) is 0. The number of rotatable bonds is 5. The Balaban J connectivity index is 2.17. The van der Waals surface area contributed by atoms with Crippen LogP contribution < -0.4 is 0 Å². The topological polar surface area (TPSA) is 20.3 Å². The smallest absolute Gasteiger partial charge is 0.255 e. The summed E-state index contributed by atoms with van der Waals surface area (Å²) in [6.07, 6.45) is 0. The number of nitrogens with zero attached hydrogens (tertiary/aromatic N) is 1. The van der Waals surface area contributed by atoms with Gasteiger partial charge in [-0.25, -0.2) is 0 Å². The van der Waals surface area contributed by atoms with Crippen molar-refractivity contribution in [1.82, 2.24) is 4.90 Å². The van der Waals surface area contributed by atoms with Crippen molar-refractivity contribution < 1.29 is 4.79 Å². The van der Waals surface area contributed by atoms with Crippen LogP contribution in [0.4, 0.5) is 0 Å². The summed E-state index contributed by atoms with van der Waals surface area (Å²) in [5, 5.41) is 2.01. The lowest BCUT2D eigenvalue weighted by Crippen LogP contribution is -2.30. The van der Waals surface area contributed by atoms with Crippen LogP contribution in [0.1, 0.15) is 24.2 Å². The summed E-state index contributed by atoms with van der Waals surface area (Å²) in [5.41, 5.74) is 4.09. The number of thiophene rings is 1. The van der Waals surface area contributed by atoms with Gasteiger partial charge in [-0.3, -0.25) is 4.79 Å². The number of carbonyl (C=O) groups is 1. The van der Waals surface area contributed by atoms with Crippen molar-refractivity contribution in [2.24, 2.45) is 0 Å².